The van der Waals surface area contributed by atoms with Crippen LogP contribution in [0.3, 0.4) is 0 Å². The number of urea groups is 1. The van der Waals surface area contributed by atoms with E-state index in [0.29, 0.717) is 27.8 Å². The number of carbonyl (C=O) groups is 2. The lowest BCUT2D eigenvalue weighted by molar-refractivity contribution is -0.130. The molecule has 3 aromatic rings. The van der Waals surface area contributed by atoms with Gasteiger partial charge in [0, 0.05) is 19.3 Å². The number of hydrogen-bond acceptors (Lipinski definition) is 8. The van der Waals surface area contributed by atoms with Crippen LogP contribution in [0.5, 0.6) is 0 Å². The summed E-state index contributed by atoms with van der Waals surface area (Å²) in [6, 6.07) is 11.6. The molecule has 2 N–H and O–H groups in total. The number of rotatable bonds is 8. The minimum absolute atomic E-state index is 0.167. The molecule has 178 valence electrons. The Balaban J connectivity index is 1.48. The maximum Gasteiger partial charge on any atom is 0.325 e. The summed E-state index contributed by atoms with van der Waals surface area (Å²) in [5, 5.41) is 5.65. The third kappa shape index (κ3) is 4.53. The number of sulfone groups is 1. The molecule has 1 fully saturated rings. The predicted octanol–water partition coefficient (Wildman–Crippen LogP) is 3.34. The second-order valence-corrected chi connectivity index (χ2v) is 11.5. The zero-order chi connectivity index (χ0) is 24.5. The molecule has 3 heterocycles. The number of imide groups is 1. The van der Waals surface area contributed by atoms with Gasteiger partial charge in [-0.2, -0.15) is 0 Å². The van der Waals surface area contributed by atoms with Crippen molar-refractivity contribution in [3.05, 3.63) is 54.2 Å². The van der Waals surface area contributed by atoms with Gasteiger partial charge in [-0.25, -0.2) is 23.2 Å². The van der Waals surface area contributed by atoms with Gasteiger partial charge in [0.2, 0.25) is 15.8 Å². The highest BCUT2D eigenvalue weighted by Crippen LogP contribution is 2.34. The number of thiophene rings is 1. The van der Waals surface area contributed by atoms with Crippen molar-refractivity contribution in [2.75, 3.05) is 18.4 Å². The Bertz CT molecular complexity index is 1350. The van der Waals surface area contributed by atoms with Crippen LogP contribution in [-0.2, 0) is 21.1 Å². The summed E-state index contributed by atoms with van der Waals surface area (Å²) < 4.78 is 26.6. The summed E-state index contributed by atoms with van der Waals surface area (Å²) in [4.78, 5) is 35.1. The summed E-state index contributed by atoms with van der Waals surface area (Å²) in [5.74, 6) is 0.0314. The minimum Gasteiger partial charge on any atom is -0.352 e. The molecule has 4 rings (SSSR count). The molecule has 1 aliphatic heterocycles. The highest BCUT2D eigenvalue weighted by atomic mass is 32.2. The molecule has 0 spiro atoms. The standard InChI is InChI=1S/C23H25N5O4S2/c1-4-15-7-5-6-8-18(15)34(31,32)19-10-9-17(33-19)16-11-12-24-21(26-16)25-13-14-28-20(29)23(2,3)27-22(28)30/h5-12H,4,13-14H2,1-3H3,(H,27,30)(H,24,25,26). The molecular formula is C23H25N5O4S2. The molecule has 3 amide bonds. The molecular weight excluding hydrogens is 474 g/mol. The van der Waals surface area contributed by atoms with Crippen molar-refractivity contribution in [1.82, 2.24) is 20.2 Å². The molecule has 1 aromatic carbocycles. The Kier molecular flexibility index (Phi) is 6.41. The Morgan fingerprint density at radius 3 is 2.59 bits per heavy atom. The number of hydrogen-bond donors (Lipinski definition) is 2. The van der Waals surface area contributed by atoms with E-state index in [1.165, 1.54) is 0 Å². The van der Waals surface area contributed by atoms with Gasteiger partial charge in [0.05, 0.1) is 15.5 Å². The van der Waals surface area contributed by atoms with Crippen LogP contribution in [0.4, 0.5) is 10.7 Å². The van der Waals surface area contributed by atoms with Crippen LogP contribution in [0.1, 0.15) is 26.3 Å². The second-order valence-electron chi connectivity index (χ2n) is 8.29. The van der Waals surface area contributed by atoms with Gasteiger partial charge in [-0.1, -0.05) is 25.1 Å². The zero-order valence-corrected chi connectivity index (χ0v) is 20.7. The van der Waals surface area contributed by atoms with Crippen molar-refractivity contribution in [1.29, 1.82) is 0 Å². The number of nitrogens with one attached hydrogen (secondary N) is 2. The van der Waals surface area contributed by atoms with Crippen molar-refractivity contribution in [3.8, 4) is 10.6 Å². The van der Waals surface area contributed by atoms with Gasteiger partial charge in [0.25, 0.3) is 5.91 Å². The summed E-state index contributed by atoms with van der Waals surface area (Å²) in [7, 11) is -3.64. The van der Waals surface area contributed by atoms with Gasteiger partial charge in [-0.3, -0.25) is 9.69 Å². The van der Waals surface area contributed by atoms with Gasteiger partial charge < -0.3 is 10.6 Å². The minimum atomic E-state index is -3.64. The van der Waals surface area contributed by atoms with Crippen LogP contribution >= 0.6 is 11.3 Å². The van der Waals surface area contributed by atoms with Crippen LogP contribution in [-0.4, -0.2) is 53.9 Å². The molecule has 0 saturated carbocycles. The van der Waals surface area contributed by atoms with Crippen molar-refractivity contribution < 1.29 is 18.0 Å². The van der Waals surface area contributed by atoms with E-state index in [4.69, 9.17) is 0 Å². The van der Waals surface area contributed by atoms with Gasteiger partial charge >= 0.3 is 6.03 Å². The lowest BCUT2D eigenvalue weighted by Crippen LogP contribution is -2.40. The number of nitrogens with zero attached hydrogens (tertiary/aromatic N) is 3. The first-order chi connectivity index (χ1) is 16.1. The van der Waals surface area contributed by atoms with E-state index in [1.54, 1.807) is 50.4 Å². The summed E-state index contributed by atoms with van der Waals surface area (Å²) >= 11 is 1.15. The first-order valence-corrected chi connectivity index (χ1v) is 13.1. The van der Waals surface area contributed by atoms with E-state index >= 15 is 0 Å². The lowest BCUT2D eigenvalue weighted by atomic mass is 10.1. The Labute approximate surface area is 202 Å². The maximum absolute atomic E-state index is 13.2. The molecule has 1 saturated heterocycles. The van der Waals surface area contributed by atoms with Crippen LogP contribution in [0.2, 0.25) is 0 Å². The summed E-state index contributed by atoms with van der Waals surface area (Å²) in [5.41, 5.74) is 0.436. The first-order valence-electron chi connectivity index (χ1n) is 10.8. The van der Waals surface area contributed by atoms with E-state index in [9.17, 15) is 18.0 Å². The van der Waals surface area contributed by atoms with Gasteiger partial charge in [-0.05, 0) is 50.1 Å². The molecule has 11 heteroatoms. The van der Waals surface area contributed by atoms with E-state index in [-0.39, 0.29) is 23.2 Å². The number of carbonyl (C=O) groups excluding carboxylic acids is 2. The van der Waals surface area contributed by atoms with Gasteiger partial charge in [0.1, 0.15) is 9.75 Å². The third-order valence-electron chi connectivity index (χ3n) is 5.46. The van der Waals surface area contributed by atoms with E-state index in [1.807, 2.05) is 19.1 Å². The number of aryl methyl sites for hydroxylation is 1. The van der Waals surface area contributed by atoms with E-state index in [0.717, 1.165) is 21.8 Å². The van der Waals surface area contributed by atoms with Gasteiger partial charge in [-0.15, -0.1) is 11.3 Å². The summed E-state index contributed by atoms with van der Waals surface area (Å²) in [6.07, 6.45) is 2.19. The molecule has 0 atom stereocenters. The van der Waals surface area contributed by atoms with Crippen molar-refractivity contribution in [2.45, 2.75) is 41.8 Å². The van der Waals surface area contributed by atoms with Crippen LogP contribution < -0.4 is 10.6 Å². The first kappa shape index (κ1) is 23.8. The van der Waals surface area contributed by atoms with Crippen molar-refractivity contribution >= 4 is 39.1 Å². The average Bonchev–Trinajstić information content (AvgIpc) is 3.39. The monoisotopic (exact) mass is 499 g/mol. The highest BCUT2D eigenvalue weighted by Gasteiger charge is 2.43. The largest absolute Gasteiger partial charge is 0.352 e. The molecule has 0 bridgehead atoms. The Hall–Kier alpha value is -3.31. The van der Waals surface area contributed by atoms with Gasteiger partial charge in [0.15, 0.2) is 0 Å². The van der Waals surface area contributed by atoms with Crippen LogP contribution in [0.25, 0.3) is 10.6 Å². The van der Waals surface area contributed by atoms with Crippen molar-refractivity contribution in [3.63, 3.8) is 0 Å². The fraction of sp³-hybridized carbons (Fsp3) is 0.304. The Morgan fingerprint density at radius 1 is 1.12 bits per heavy atom. The number of aromatic nitrogens is 2. The molecule has 2 aromatic heterocycles. The predicted molar refractivity (Wildman–Crippen MR) is 129 cm³/mol. The lowest BCUT2D eigenvalue weighted by Gasteiger charge is -2.16. The number of anilines is 1. The third-order valence-corrected chi connectivity index (χ3v) is 8.91. The number of benzene rings is 1. The Morgan fingerprint density at radius 2 is 1.88 bits per heavy atom. The van der Waals surface area contributed by atoms with E-state index < -0.39 is 21.4 Å². The molecule has 34 heavy (non-hydrogen) atoms. The molecule has 1 aliphatic rings. The van der Waals surface area contributed by atoms with E-state index in [2.05, 4.69) is 20.6 Å². The second kappa shape index (κ2) is 9.15. The SMILES string of the molecule is CCc1ccccc1S(=O)(=O)c1ccc(-c2ccnc(NCCN3C(=O)NC(C)(C)C3=O)n2)s1. The van der Waals surface area contributed by atoms with Crippen LogP contribution in [0, 0.1) is 0 Å². The maximum atomic E-state index is 13.2. The normalized spacial score (nSPS) is 15.4. The number of amides is 3. The van der Waals surface area contributed by atoms with Crippen LogP contribution in [0.15, 0.2) is 57.8 Å². The quantitative estimate of drug-likeness (QED) is 0.456. The summed E-state index contributed by atoms with van der Waals surface area (Å²) in [6.45, 7) is 5.68. The fourth-order valence-electron chi connectivity index (χ4n) is 3.65. The zero-order valence-electron chi connectivity index (χ0n) is 19.0. The smallest absolute Gasteiger partial charge is 0.325 e. The molecule has 0 radical (unpaired) electrons. The molecule has 0 aliphatic carbocycles. The topological polar surface area (TPSA) is 121 Å². The molecule has 9 nitrogen and oxygen atoms in total. The average molecular weight is 500 g/mol. The fourth-order valence-corrected chi connectivity index (χ4v) is 6.61. The van der Waals surface area contributed by atoms with Crippen molar-refractivity contribution in [2.24, 2.45) is 0 Å². The molecule has 0 unspecified atom stereocenters. The highest BCUT2D eigenvalue weighted by molar-refractivity contribution is 7.93.